The first-order valence-electron chi connectivity index (χ1n) is 17.6. The van der Waals surface area contributed by atoms with Gasteiger partial charge in [0.15, 0.2) is 0 Å². The highest BCUT2D eigenvalue weighted by molar-refractivity contribution is 5.70. The second kappa shape index (κ2) is 13.7. The van der Waals surface area contributed by atoms with Crippen LogP contribution in [0.4, 0.5) is 16.2 Å². The van der Waals surface area contributed by atoms with Crippen molar-refractivity contribution in [2.75, 3.05) is 23.7 Å². The molecule has 3 N–H and O–H groups in total. The number of piperidine rings is 1. The Kier molecular flexibility index (Phi) is 9.25. The lowest BCUT2D eigenvalue weighted by Gasteiger charge is -2.34. The molecular formula is C38H48FN5O2. The van der Waals surface area contributed by atoms with E-state index in [4.69, 9.17) is 9.97 Å². The molecular weight excluding hydrogens is 577 g/mol. The second-order valence-corrected chi connectivity index (χ2v) is 14.3. The molecule has 1 saturated heterocycles. The normalized spacial score (nSPS) is 27.1. The number of aromatic nitrogens is 2. The van der Waals surface area contributed by atoms with E-state index in [0.29, 0.717) is 23.8 Å². The number of hydrogen-bond donors (Lipinski definition) is 3. The average Bonchev–Trinajstić information content (AvgIpc) is 3.71. The summed E-state index contributed by atoms with van der Waals surface area (Å²) in [5, 5.41) is 17.1. The first-order valence-corrected chi connectivity index (χ1v) is 17.6. The Morgan fingerprint density at radius 2 is 1.76 bits per heavy atom. The number of aryl methyl sites for hydroxylation is 1. The van der Waals surface area contributed by atoms with Crippen molar-refractivity contribution in [1.29, 1.82) is 0 Å². The molecule has 7 nitrogen and oxygen atoms in total. The van der Waals surface area contributed by atoms with Crippen molar-refractivity contribution >= 4 is 17.7 Å². The van der Waals surface area contributed by atoms with Gasteiger partial charge in [-0.2, -0.15) is 4.98 Å². The maximum Gasteiger partial charge on any atom is 0.306 e. The third-order valence-electron chi connectivity index (χ3n) is 11.5. The van der Waals surface area contributed by atoms with E-state index in [0.717, 1.165) is 87.4 Å². The molecule has 4 aliphatic rings. The van der Waals surface area contributed by atoms with Crippen molar-refractivity contribution in [2.24, 2.45) is 17.8 Å². The number of benzene rings is 2. The summed E-state index contributed by atoms with van der Waals surface area (Å²) in [6.45, 7) is 4.19. The molecule has 3 aromatic rings. The van der Waals surface area contributed by atoms with Crippen LogP contribution in [-0.4, -0.2) is 51.1 Å². The fourth-order valence-electron chi connectivity index (χ4n) is 8.87. The van der Waals surface area contributed by atoms with Crippen LogP contribution >= 0.6 is 0 Å². The predicted molar refractivity (Wildman–Crippen MR) is 179 cm³/mol. The van der Waals surface area contributed by atoms with Gasteiger partial charge in [-0.3, -0.25) is 9.69 Å². The molecule has 7 rings (SSSR count). The van der Waals surface area contributed by atoms with Gasteiger partial charge in [0.05, 0.1) is 17.7 Å². The van der Waals surface area contributed by atoms with Gasteiger partial charge in [0, 0.05) is 30.7 Å². The summed E-state index contributed by atoms with van der Waals surface area (Å²) in [5.41, 5.74) is 4.72. The molecule has 1 aromatic heterocycles. The summed E-state index contributed by atoms with van der Waals surface area (Å²) in [5.74, 6) is 2.03. The van der Waals surface area contributed by atoms with Gasteiger partial charge in [-0.05, 0) is 112 Å². The molecule has 1 aliphatic heterocycles. The van der Waals surface area contributed by atoms with E-state index in [-0.39, 0.29) is 23.8 Å². The van der Waals surface area contributed by atoms with Crippen LogP contribution in [0.15, 0.2) is 54.6 Å². The highest BCUT2D eigenvalue weighted by Gasteiger charge is 2.39. The molecule has 0 radical (unpaired) electrons. The number of halogens is 1. The molecule has 2 aromatic carbocycles. The Bertz CT molecular complexity index is 1490. The van der Waals surface area contributed by atoms with Crippen LogP contribution in [-0.2, 0) is 17.6 Å². The van der Waals surface area contributed by atoms with Gasteiger partial charge >= 0.3 is 5.97 Å². The van der Waals surface area contributed by atoms with Gasteiger partial charge < -0.3 is 15.7 Å². The molecule has 0 amide bonds. The molecule has 8 heteroatoms. The van der Waals surface area contributed by atoms with Crippen LogP contribution in [0, 0.1) is 23.6 Å². The number of nitrogens with one attached hydrogen (secondary N) is 2. The summed E-state index contributed by atoms with van der Waals surface area (Å²) in [6.07, 6.45) is 10.9. The highest BCUT2D eigenvalue weighted by Crippen LogP contribution is 2.41. The maximum atomic E-state index is 14.1. The van der Waals surface area contributed by atoms with Gasteiger partial charge in [-0.1, -0.05) is 49.4 Å². The standard InChI is InChI=1S/C38H48FN5O2/c1-2-33(26-9-11-28(12-10-26)37(45)46)41-38-42-34-19-15-29(25-6-4-3-5-7-25)21-32(34)36(43-38)40-35(27-13-16-30(39)17-14-27)23-44-22-24-8-18-31(44)20-24/h3-7,13-14,16-17,24,26,28-29,31,33,35H,2,8-12,15,18-23H2,1H3,(H,45,46)(H2,40,41,42,43)/t24?,26?,28?,29-,31?,33-,35+/m1/s1. The summed E-state index contributed by atoms with van der Waals surface area (Å²) < 4.78 is 14.1. The van der Waals surface area contributed by atoms with Crippen molar-refractivity contribution in [3.8, 4) is 0 Å². The van der Waals surface area contributed by atoms with Gasteiger partial charge in [-0.15, -0.1) is 0 Å². The van der Waals surface area contributed by atoms with Crippen molar-refractivity contribution in [3.63, 3.8) is 0 Å². The van der Waals surface area contributed by atoms with E-state index in [1.165, 1.54) is 30.4 Å². The molecule has 46 heavy (non-hydrogen) atoms. The Morgan fingerprint density at radius 3 is 2.43 bits per heavy atom. The molecule has 244 valence electrons. The van der Waals surface area contributed by atoms with E-state index in [2.05, 4.69) is 52.8 Å². The number of fused-ring (bicyclic) bond motifs is 3. The number of carboxylic acid groups (broad SMARTS) is 1. The molecule has 2 saturated carbocycles. The highest BCUT2D eigenvalue weighted by atomic mass is 19.1. The quantitative estimate of drug-likeness (QED) is 0.202. The summed E-state index contributed by atoms with van der Waals surface area (Å²) in [4.78, 5) is 24.6. The van der Waals surface area contributed by atoms with E-state index < -0.39 is 5.97 Å². The van der Waals surface area contributed by atoms with Crippen molar-refractivity contribution in [3.05, 3.63) is 82.8 Å². The summed E-state index contributed by atoms with van der Waals surface area (Å²) in [7, 11) is 0. The molecule has 2 bridgehead atoms. The lowest BCUT2D eigenvalue weighted by Crippen LogP contribution is -2.38. The Balaban J connectivity index is 1.19. The van der Waals surface area contributed by atoms with Crippen LogP contribution in [0.25, 0.3) is 0 Å². The van der Waals surface area contributed by atoms with Crippen LogP contribution in [0.3, 0.4) is 0 Å². The zero-order valence-corrected chi connectivity index (χ0v) is 27.0. The Labute approximate surface area is 272 Å². The first kappa shape index (κ1) is 31.1. The van der Waals surface area contributed by atoms with Crippen LogP contribution in [0.5, 0.6) is 0 Å². The van der Waals surface area contributed by atoms with E-state index >= 15 is 0 Å². The number of hydrogen-bond acceptors (Lipinski definition) is 6. The summed E-state index contributed by atoms with van der Waals surface area (Å²) >= 11 is 0. The zero-order valence-electron chi connectivity index (χ0n) is 27.0. The third kappa shape index (κ3) is 6.78. The fourth-order valence-corrected chi connectivity index (χ4v) is 8.87. The predicted octanol–water partition coefficient (Wildman–Crippen LogP) is 7.61. The number of anilines is 2. The zero-order chi connectivity index (χ0) is 31.6. The minimum Gasteiger partial charge on any atom is -0.481 e. The van der Waals surface area contributed by atoms with Crippen molar-refractivity contribution in [1.82, 2.24) is 14.9 Å². The van der Waals surface area contributed by atoms with Crippen LogP contribution in [0.1, 0.15) is 99.1 Å². The number of aliphatic carboxylic acids is 1. The third-order valence-corrected chi connectivity index (χ3v) is 11.5. The van der Waals surface area contributed by atoms with E-state index in [1.54, 1.807) is 12.1 Å². The minimum atomic E-state index is -0.667. The van der Waals surface area contributed by atoms with Gasteiger partial charge in [0.1, 0.15) is 11.6 Å². The maximum absolute atomic E-state index is 14.1. The Hall–Kier alpha value is -3.52. The number of carbonyl (C=O) groups is 1. The molecule has 5 atom stereocenters. The summed E-state index contributed by atoms with van der Waals surface area (Å²) in [6, 6.07) is 18.5. The fraction of sp³-hybridized carbons (Fsp3) is 0.553. The van der Waals surface area contributed by atoms with Crippen molar-refractivity contribution in [2.45, 2.75) is 102 Å². The number of likely N-dealkylation sites (tertiary alicyclic amines) is 1. The molecule has 2 heterocycles. The largest absolute Gasteiger partial charge is 0.481 e. The Morgan fingerprint density at radius 1 is 0.978 bits per heavy atom. The molecule has 3 aliphatic carbocycles. The van der Waals surface area contributed by atoms with Gasteiger partial charge in [-0.25, -0.2) is 9.37 Å². The minimum absolute atomic E-state index is 0.0304. The number of rotatable bonds is 11. The number of nitrogens with zero attached hydrogens (tertiary/aromatic N) is 3. The molecule has 2 unspecified atom stereocenters. The smallest absolute Gasteiger partial charge is 0.306 e. The van der Waals surface area contributed by atoms with E-state index in [1.807, 2.05) is 12.1 Å². The SMILES string of the molecule is CC[C@@H](Nc1nc2c(c(N[C@@H](CN3CC4CCC3C4)c3ccc(F)cc3)n1)C[C@H](c1ccccc1)CC2)C1CCC(C(=O)O)CC1. The second-order valence-electron chi connectivity index (χ2n) is 14.3. The van der Waals surface area contributed by atoms with Crippen LogP contribution < -0.4 is 10.6 Å². The van der Waals surface area contributed by atoms with E-state index in [9.17, 15) is 14.3 Å². The number of carboxylic acids is 1. The molecule has 0 spiro atoms. The van der Waals surface area contributed by atoms with Gasteiger partial charge in [0.2, 0.25) is 5.95 Å². The average molecular weight is 626 g/mol. The first-order chi connectivity index (χ1) is 22.4. The monoisotopic (exact) mass is 625 g/mol. The lowest BCUT2D eigenvalue weighted by atomic mass is 9.78. The van der Waals surface area contributed by atoms with Gasteiger partial charge in [0.25, 0.3) is 0 Å². The topological polar surface area (TPSA) is 90.4 Å². The lowest BCUT2D eigenvalue weighted by molar-refractivity contribution is -0.143. The molecule has 3 fully saturated rings. The van der Waals surface area contributed by atoms with Crippen molar-refractivity contribution < 1.29 is 14.3 Å². The van der Waals surface area contributed by atoms with Crippen LogP contribution in [0.2, 0.25) is 0 Å².